The molecule has 21 heavy (non-hydrogen) atoms. The minimum atomic E-state index is -0.246. The van der Waals surface area contributed by atoms with E-state index in [0.717, 1.165) is 16.6 Å². The molecule has 0 saturated carbocycles. The first-order valence-electron chi connectivity index (χ1n) is 6.71. The molecule has 0 aliphatic rings. The first-order valence-corrected chi connectivity index (χ1v) is 6.71. The zero-order chi connectivity index (χ0) is 14.7. The molecule has 3 rings (SSSR count). The van der Waals surface area contributed by atoms with E-state index in [-0.39, 0.29) is 12.4 Å². The summed E-state index contributed by atoms with van der Waals surface area (Å²) in [6.45, 7) is 0.834. The summed E-state index contributed by atoms with van der Waals surface area (Å²) in [6, 6.07) is 12.8. The molecule has 108 valence electrons. The van der Waals surface area contributed by atoms with Gasteiger partial charge in [-0.15, -0.1) is 0 Å². The van der Waals surface area contributed by atoms with Crippen LogP contribution < -0.4 is 5.32 Å². The normalized spacial score (nSPS) is 11.0. The molecule has 1 aromatic heterocycles. The molecule has 0 bridgehead atoms. The number of benzene rings is 2. The monoisotopic (exact) mass is 285 g/mol. The van der Waals surface area contributed by atoms with Gasteiger partial charge in [-0.3, -0.25) is 0 Å². The fourth-order valence-electron chi connectivity index (χ4n) is 2.23. The van der Waals surface area contributed by atoms with Crippen molar-refractivity contribution < 1.29 is 9.13 Å². The van der Waals surface area contributed by atoms with Gasteiger partial charge in [0.2, 0.25) is 5.95 Å². The van der Waals surface area contributed by atoms with Gasteiger partial charge in [-0.05, 0) is 29.8 Å². The third kappa shape index (κ3) is 3.03. The second kappa shape index (κ2) is 5.93. The van der Waals surface area contributed by atoms with Gasteiger partial charge >= 0.3 is 0 Å². The van der Waals surface area contributed by atoms with E-state index >= 15 is 0 Å². The van der Waals surface area contributed by atoms with Crippen LogP contribution in [0.1, 0.15) is 11.1 Å². The van der Waals surface area contributed by atoms with Gasteiger partial charge in [-0.25, -0.2) is 9.37 Å². The van der Waals surface area contributed by atoms with Crippen molar-refractivity contribution in [1.82, 2.24) is 9.97 Å². The summed E-state index contributed by atoms with van der Waals surface area (Å²) in [5, 5.41) is 3.21. The van der Waals surface area contributed by atoms with Gasteiger partial charge in [0.25, 0.3) is 0 Å². The van der Waals surface area contributed by atoms with Crippen LogP contribution >= 0.6 is 0 Å². The smallest absolute Gasteiger partial charge is 0.201 e. The minimum Gasteiger partial charge on any atom is -0.380 e. The van der Waals surface area contributed by atoms with Crippen LogP contribution in [-0.4, -0.2) is 17.1 Å². The Kier molecular flexibility index (Phi) is 3.83. The third-order valence-corrected chi connectivity index (χ3v) is 3.26. The molecule has 2 N–H and O–H groups in total. The van der Waals surface area contributed by atoms with Crippen LogP contribution in [0.25, 0.3) is 11.0 Å². The van der Waals surface area contributed by atoms with Crippen LogP contribution in [0.5, 0.6) is 0 Å². The van der Waals surface area contributed by atoms with E-state index in [1.807, 2.05) is 24.3 Å². The number of ether oxygens (including phenoxy) is 1. The molecule has 0 amide bonds. The SMILES string of the molecule is COCc1cc(CNc2nc3ccccc3[nH]2)ccc1F. The van der Waals surface area contributed by atoms with Gasteiger partial charge in [0, 0.05) is 19.2 Å². The first kappa shape index (κ1) is 13.6. The highest BCUT2D eigenvalue weighted by Gasteiger charge is 2.05. The molecule has 1 heterocycles. The highest BCUT2D eigenvalue weighted by Crippen LogP contribution is 2.16. The third-order valence-electron chi connectivity index (χ3n) is 3.26. The van der Waals surface area contributed by atoms with Gasteiger partial charge < -0.3 is 15.0 Å². The number of aromatic amines is 1. The molecule has 5 heteroatoms. The summed E-state index contributed by atoms with van der Waals surface area (Å²) in [5.41, 5.74) is 3.43. The molecule has 0 atom stereocenters. The lowest BCUT2D eigenvalue weighted by molar-refractivity contribution is 0.181. The summed E-state index contributed by atoms with van der Waals surface area (Å²) in [5.74, 6) is 0.457. The molecule has 3 aromatic rings. The van der Waals surface area contributed by atoms with Gasteiger partial charge in [-0.1, -0.05) is 18.2 Å². The number of aromatic nitrogens is 2. The lowest BCUT2D eigenvalue weighted by atomic mass is 10.1. The fraction of sp³-hybridized carbons (Fsp3) is 0.188. The van der Waals surface area contributed by atoms with Crippen molar-refractivity contribution in [2.75, 3.05) is 12.4 Å². The van der Waals surface area contributed by atoms with E-state index in [1.54, 1.807) is 19.2 Å². The van der Waals surface area contributed by atoms with Gasteiger partial charge in [0.05, 0.1) is 17.6 Å². The second-order valence-corrected chi connectivity index (χ2v) is 4.81. The fourth-order valence-corrected chi connectivity index (χ4v) is 2.23. The Labute approximate surface area is 122 Å². The van der Waals surface area contributed by atoms with Crippen LogP contribution in [0.2, 0.25) is 0 Å². The standard InChI is InChI=1S/C16H16FN3O/c1-21-10-12-8-11(6-7-13(12)17)9-18-16-19-14-4-2-3-5-15(14)20-16/h2-8H,9-10H2,1H3,(H2,18,19,20). The Bertz CT molecular complexity index is 721. The van der Waals surface area contributed by atoms with Crippen molar-refractivity contribution in [3.05, 3.63) is 59.4 Å². The number of H-pyrrole nitrogens is 1. The van der Waals surface area contributed by atoms with Gasteiger partial charge in [0.15, 0.2) is 0 Å². The summed E-state index contributed by atoms with van der Waals surface area (Å²) in [6.07, 6.45) is 0. The lowest BCUT2D eigenvalue weighted by Crippen LogP contribution is -2.03. The Hall–Kier alpha value is -2.40. The number of nitrogens with one attached hydrogen (secondary N) is 2. The quantitative estimate of drug-likeness (QED) is 0.754. The Balaban J connectivity index is 1.73. The molecule has 0 aliphatic carbocycles. The van der Waals surface area contributed by atoms with E-state index in [9.17, 15) is 4.39 Å². The van der Waals surface area contributed by atoms with Crippen LogP contribution in [0.3, 0.4) is 0 Å². The molecule has 0 aliphatic heterocycles. The number of hydrogen-bond donors (Lipinski definition) is 2. The summed E-state index contributed by atoms with van der Waals surface area (Å²) >= 11 is 0. The van der Waals surface area contributed by atoms with Crippen LogP contribution in [-0.2, 0) is 17.9 Å². The second-order valence-electron chi connectivity index (χ2n) is 4.81. The van der Waals surface area contributed by atoms with Crippen LogP contribution in [0, 0.1) is 5.82 Å². The molecule has 0 saturated heterocycles. The van der Waals surface area contributed by atoms with Gasteiger partial charge in [0.1, 0.15) is 5.82 Å². The van der Waals surface area contributed by atoms with E-state index in [0.29, 0.717) is 18.1 Å². The van der Waals surface area contributed by atoms with E-state index in [2.05, 4.69) is 15.3 Å². The molecule has 0 unspecified atom stereocenters. The van der Waals surface area contributed by atoms with Crippen molar-refractivity contribution in [1.29, 1.82) is 0 Å². The number of rotatable bonds is 5. The average molecular weight is 285 g/mol. The van der Waals surface area contributed by atoms with Crippen LogP contribution in [0.15, 0.2) is 42.5 Å². The number of fused-ring (bicyclic) bond motifs is 1. The zero-order valence-corrected chi connectivity index (χ0v) is 11.7. The Morgan fingerprint density at radius 1 is 1.24 bits per heavy atom. The number of methoxy groups -OCH3 is 1. The zero-order valence-electron chi connectivity index (χ0n) is 11.7. The minimum absolute atomic E-state index is 0.246. The molecular formula is C16H16FN3O. The van der Waals surface area contributed by atoms with Crippen molar-refractivity contribution in [3.63, 3.8) is 0 Å². The lowest BCUT2D eigenvalue weighted by Gasteiger charge is -2.07. The molecule has 2 aromatic carbocycles. The number of para-hydroxylation sites is 2. The highest BCUT2D eigenvalue weighted by atomic mass is 19.1. The number of halogens is 1. The molecule has 0 fully saturated rings. The number of imidazole rings is 1. The Morgan fingerprint density at radius 3 is 2.90 bits per heavy atom. The van der Waals surface area contributed by atoms with Crippen LogP contribution in [0.4, 0.5) is 10.3 Å². The first-order chi connectivity index (χ1) is 10.3. The largest absolute Gasteiger partial charge is 0.380 e. The molecule has 0 radical (unpaired) electrons. The highest BCUT2D eigenvalue weighted by molar-refractivity contribution is 5.77. The van der Waals surface area contributed by atoms with Gasteiger partial charge in [-0.2, -0.15) is 0 Å². The molecule has 4 nitrogen and oxygen atoms in total. The maximum absolute atomic E-state index is 13.5. The molecule has 0 spiro atoms. The maximum Gasteiger partial charge on any atom is 0.201 e. The van der Waals surface area contributed by atoms with E-state index < -0.39 is 0 Å². The summed E-state index contributed by atoms with van der Waals surface area (Å²) < 4.78 is 18.5. The maximum atomic E-state index is 13.5. The van der Waals surface area contributed by atoms with E-state index in [4.69, 9.17) is 4.74 Å². The van der Waals surface area contributed by atoms with Crippen molar-refractivity contribution >= 4 is 17.0 Å². The predicted octanol–water partition coefficient (Wildman–Crippen LogP) is 3.46. The predicted molar refractivity (Wildman–Crippen MR) is 80.5 cm³/mol. The van der Waals surface area contributed by atoms with Crippen molar-refractivity contribution in [2.45, 2.75) is 13.2 Å². The van der Waals surface area contributed by atoms with E-state index in [1.165, 1.54) is 6.07 Å². The summed E-state index contributed by atoms with van der Waals surface area (Å²) in [7, 11) is 1.55. The van der Waals surface area contributed by atoms with Crippen molar-refractivity contribution in [2.24, 2.45) is 0 Å². The number of anilines is 1. The number of hydrogen-bond acceptors (Lipinski definition) is 3. The van der Waals surface area contributed by atoms with Crippen molar-refractivity contribution in [3.8, 4) is 0 Å². The number of nitrogens with zero attached hydrogens (tertiary/aromatic N) is 1. The average Bonchev–Trinajstić information content (AvgIpc) is 2.91. The molecular weight excluding hydrogens is 269 g/mol. The Morgan fingerprint density at radius 2 is 2.10 bits per heavy atom. The summed E-state index contributed by atoms with van der Waals surface area (Å²) in [4.78, 5) is 7.63. The topological polar surface area (TPSA) is 49.9 Å².